The van der Waals surface area contributed by atoms with Crippen LogP contribution in [0.1, 0.15) is 17.4 Å². The third-order valence-electron chi connectivity index (χ3n) is 4.46. The highest BCUT2D eigenvalue weighted by Gasteiger charge is 2.24. The number of aliphatic hydroxyl groups excluding tert-OH is 1. The summed E-state index contributed by atoms with van der Waals surface area (Å²) in [7, 11) is 0. The highest BCUT2D eigenvalue weighted by Crippen LogP contribution is 2.14. The zero-order chi connectivity index (χ0) is 17.6. The molecular formula is C19H25N3O3. The number of amides is 1. The van der Waals surface area contributed by atoms with Crippen LogP contribution < -0.4 is 0 Å². The molecule has 1 aromatic carbocycles. The van der Waals surface area contributed by atoms with E-state index in [4.69, 9.17) is 4.74 Å². The minimum atomic E-state index is -0.482. The van der Waals surface area contributed by atoms with Gasteiger partial charge in [0.2, 0.25) is 0 Å². The van der Waals surface area contributed by atoms with Crippen molar-refractivity contribution < 1.29 is 14.6 Å². The molecule has 1 aliphatic rings. The summed E-state index contributed by atoms with van der Waals surface area (Å²) in [5.74, 6) is -0.0275. The second kappa shape index (κ2) is 8.38. The first-order valence-electron chi connectivity index (χ1n) is 8.80. The average Bonchev–Trinajstić information content (AvgIpc) is 2.66. The quantitative estimate of drug-likeness (QED) is 0.859. The normalized spacial score (nSPS) is 17.0. The number of piperazine rings is 1. The molecule has 3 rings (SSSR count). The van der Waals surface area contributed by atoms with Crippen LogP contribution in [0, 0.1) is 0 Å². The van der Waals surface area contributed by atoms with Gasteiger partial charge >= 0.3 is 0 Å². The minimum Gasteiger partial charge on any atom is -0.389 e. The molecule has 1 aliphatic heterocycles. The summed E-state index contributed by atoms with van der Waals surface area (Å²) in [5, 5.41) is 11.0. The van der Waals surface area contributed by atoms with E-state index in [1.54, 1.807) is 6.07 Å². The first kappa shape index (κ1) is 17.8. The highest BCUT2D eigenvalue weighted by atomic mass is 16.5. The van der Waals surface area contributed by atoms with Crippen LogP contribution in [0.15, 0.2) is 36.4 Å². The second-order valence-corrected chi connectivity index (χ2v) is 6.30. The third kappa shape index (κ3) is 4.54. The Hall–Kier alpha value is -2.02. The Balaban J connectivity index is 1.55. The zero-order valence-corrected chi connectivity index (χ0v) is 14.6. The van der Waals surface area contributed by atoms with Gasteiger partial charge in [-0.05, 0) is 19.1 Å². The molecule has 1 saturated heterocycles. The van der Waals surface area contributed by atoms with E-state index < -0.39 is 6.10 Å². The lowest BCUT2D eigenvalue weighted by atomic mass is 10.2. The third-order valence-corrected chi connectivity index (χ3v) is 4.46. The van der Waals surface area contributed by atoms with Crippen molar-refractivity contribution in [3.63, 3.8) is 0 Å². The van der Waals surface area contributed by atoms with E-state index in [-0.39, 0.29) is 5.91 Å². The summed E-state index contributed by atoms with van der Waals surface area (Å²) in [6.07, 6.45) is -0.482. The molecule has 6 nitrogen and oxygen atoms in total. The topological polar surface area (TPSA) is 65.9 Å². The lowest BCUT2D eigenvalue weighted by Crippen LogP contribution is -2.51. The maximum atomic E-state index is 12.7. The number of β-amino-alcohol motifs (C(OH)–C–C–N with tert-alkyl or cyclic N) is 1. The van der Waals surface area contributed by atoms with E-state index in [1.807, 2.05) is 42.2 Å². The molecule has 0 spiro atoms. The molecule has 1 amide bonds. The van der Waals surface area contributed by atoms with Crippen LogP contribution in [0.2, 0.25) is 0 Å². The van der Waals surface area contributed by atoms with E-state index in [1.165, 1.54) is 0 Å². The van der Waals surface area contributed by atoms with Crippen molar-refractivity contribution in [2.24, 2.45) is 0 Å². The summed E-state index contributed by atoms with van der Waals surface area (Å²) >= 11 is 0. The first-order chi connectivity index (χ1) is 12.2. The number of nitrogens with zero attached hydrogens (tertiary/aromatic N) is 3. The Kier molecular flexibility index (Phi) is 5.96. The maximum absolute atomic E-state index is 12.7. The molecule has 0 unspecified atom stereocenters. The smallest absolute Gasteiger partial charge is 0.272 e. The molecule has 1 fully saturated rings. The Morgan fingerprint density at radius 2 is 1.96 bits per heavy atom. The van der Waals surface area contributed by atoms with Crippen molar-refractivity contribution in [2.75, 3.05) is 45.9 Å². The fourth-order valence-electron chi connectivity index (χ4n) is 3.09. The van der Waals surface area contributed by atoms with Crippen molar-refractivity contribution in [2.45, 2.75) is 13.0 Å². The number of rotatable bonds is 6. The largest absolute Gasteiger partial charge is 0.389 e. The van der Waals surface area contributed by atoms with Crippen LogP contribution in [0.4, 0.5) is 0 Å². The molecular weight excluding hydrogens is 318 g/mol. The number of carbonyl (C=O) groups is 1. The number of hydrogen-bond donors (Lipinski definition) is 1. The van der Waals surface area contributed by atoms with Gasteiger partial charge in [-0.2, -0.15) is 0 Å². The summed E-state index contributed by atoms with van der Waals surface area (Å²) in [6, 6.07) is 11.5. The van der Waals surface area contributed by atoms with Crippen molar-refractivity contribution in [1.82, 2.24) is 14.8 Å². The predicted octanol–water partition coefficient (Wildman–Crippen LogP) is 1.39. The van der Waals surface area contributed by atoms with Gasteiger partial charge in [-0.1, -0.05) is 24.3 Å². The van der Waals surface area contributed by atoms with E-state index in [0.717, 1.165) is 24.0 Å². The molecule has 1 N–H and O–H groups in total. The van der Waals surface area contributed by atoms with Crippen LogP contribution >= 0.6 is 0 Å². The van der Waals surface area contributed by atoms with Gasteiger partial charge in [-0.15, -0.1) is 0 Å². The fourth-order valence-corrected chi connectivity index (χ4v) is 3.09. The van der Waals surface area contributed by atoms with Crippen LogP contribution in [-0.4, -0.2) is 77.8 Å². The van der Waals surface area contributed by atoms with Crippen LogP contribution in [0.5, 0.6) is 0 Å². The van der Waals surface area contributed by atoms with Crippen LogP contribution in [-0.2, 0) is 4.74 Å². The monoisotopic (exact) mass is 343 g/mol. The van der Waals surface area contributed by atoms with Gasteiger partial charge in [0.05, 0.1) is 18.2 Å². The SMILES string of the molecule is CCOC[C@@H](O)CN1CCN(C(=O)c2ccc3ccccc3n2)CC1. The molecule has 0 radical (unpaired) electrons. The number of hydrogen-bond acceptors (Lipinski definition) is 5. The van der Waals surface area contributed by atoms with Gasteiger partial charge in [-0.3, -0.25) is 9.69 Å². The fraction of sp³-hybridized carbons (Fsp3) is 0.474. The summed E-state index contributed by atoms with van der Waals surface area (Å²) in [6.45, 7) is 6.26. The standard InChI is InChI=1S/C19H25N3O3/c1-2-25-14-16(23)13-21-9-11-22(12-10-21)19(24)18-8-7-15-5-3-4-6-17(15)20-18/h3-8,16,23H,2,9-14H2,1H3/t16-/m0/s1. The van der Waals surface area contributed by atoms with Gasteiger partial charge in [0.25, 0.3) is 5.91 Å². The number of ether oxygens (including phenoxy) is 1. The highest BCUT2D eigenvalue weighted by molar-refractivity contribution is 5.95. The van der Waals surface area contributed by atoms with Crippen molar-refractivity contribution >= 4 is 16.8 Å². The van der Waals surface area contributed by atoms with Gasteiger partial charge in [0.15, 0.2) is 0 Å². The first-order valence-corrected chi connectivity index (χ1v) is 8.80. The summed E-state index contributed by atoms with van der Waals surface area (Å²) in [4.78, 5) is 21.2. The molecule has 25 heavy (non-hydrogen) atoms. The Morgan fingerprint density at radius 3 is 2.72 bits per heavy atom. The van der Waals surface area contributed by atoms with Crippen LogP contribution in [0.25, 0.3) is 10.9 Å². The summed E-state index contributed by atoms with van der Waals surface area (Å²) in [5.41, 5.74) is 1.33. The average molecular weight is 343 g/mol. The van der Waals surface area contributed by atoms with Crippen molar-refractivity contribution in [1.29, 1.82) is 0 Å². The zero-order valence-electron chi connectivity index (χ0n) is 14.6. The number of pyridine rings is 1. The van der Waals surface area contributed by atoms with Gasteiger partial charge in [0.1, 0.15) is 5.69 Å². The molecule has 0 saturated carbocycles. The Labute approximate surface area is 148 Å². The van der Waals surface area contributed by atoms with Gasteiger partial charge < -0.3 is 14.7 Å². The molecule has 2 aromatic rings. The molecule has 0 bridgehead atoms. The van der Waals surface area contributed by atoms with Crippen LogP contribution in [0.3, 0.4) is 0 Å². The van der Waals surface area contributed by atoms with Gasteiger partial charge in [0, 0.05) is 44.7 Å². The van der Waals surface area contributed by atoms with Gasteiger partial charge in [-0.25, -0.2) is 4.98 Å². The predicted molar refractivity (Wildman–Crippen MR) is 96.6 cm³/mol. The number of benzene rings is 1. The molecule has 6 heteroatoms. The number of aliphatic hydroxyl groups is 1. The van der Waals surface area contributed by atoms with E-state index >= 15 is 0 Å². The number of para-hydroxylation sites is 1. The minimum absolute atomic E-state index is 0.0275. The maximum Gasteiger partial charge on any atom is 0.272 e. The molecule has 1 atom stereocenters. The van der Waals surface area contributed by atoms with Crippen molar-refractivity contribution in [3.8, 4) is 0 Å². The van der Waals surface area contributed by atoms with E-state index in [0.29, 0.717) is 38.5 Å². The summed E-state index contributed by atoms with van der Waals surface area (Å²) < 4.78 is 5.24. The molecule has 1 aromatic heterocycles. The van der Waals surface area contributed by atoms with E-state index in [9.17, 15) is 9.90 Å². The molecule has 2 heterocycles. The lowest BCUT2D eigenvalue weighted by Gasteiger charge is -2.35. The number of carbonyl (C=O) groups excluding carboxylic acids is 1. The number of aromatic nitrogens is 1. The lowest BCUT2D eigenvalue weighted by molar-refractivity contribution is 0.0110. The second-order valence-electron chi connectivity index (χ2n) is 6.30. The molecule has 134 valence electrons. The molecule has 0 aliphatic carbocycles. The van der Waals surface area contributed by atoms with Crippen molar-refractivity contribution in [3.05, 3.63) is 42.1 Å². The number of fused-ring (bicyclic) bond motifs is 1. The Bertz CT molecular complexity index is 714. The van der Waals surface area contributed by atoms with E-state index in [2.05, 4.69) is 9.88 Å². The Morgan fingerprint density at radius 1 is 1.20 bits per heavy atom.